The summed E-state index contributed by atoms with van der Waals surface area (Å²) in [6.07, 6.45) is 4.58. The molecule has 1 aromatic heterocycles. The van der Waals surface area contributed by atoms with Crippen LogP contribution in [0.2, 0.25) is 0 Å². The second kappa shape index (κ2) is 6.92. The van der Waals surface area contributed by atoms with Crippen LogP contribution in [0.4, 0.5) is 5.95 Å². The predicted octanol–water partition coefficient (Wildman–Crippen LogP) is -0.0463. The average Bonchev–Trinajstić information content (AvgIpc) is 2.36. The molecule has 0 radical (unpaired) electrons. The second-order valence-electron chi connectivity index (χ2n) is 4.08. The lowest BCUT2D eigenvalue weighted by atomic mass is 10.3. The van der Waals surface area contributed by atoms with Crippen molar-refractivity contribution in [1.29, 1.82) is 0 Å². The Kier molecular flexibility index (Phi) is 5.83. The Morgan fingerprint density at radius 3 is 2.42 bits per heavy atom. The molecule has 0 aliphatic carbocycles. The Morgan fingerprint density at radius 1 is 1.37 bits per heavy atom. The van der Waals surface area contributed by atoms with Crippen molar-refractivity contribution in [1.82, 2.24) is 14.7 Å². The van der Waals surface area contributed by atoms with Crippen LogP contribution in [0.25, 0.3) is 0 Å². The number of aromatic nitrogens is 2. The SMILES string of the molecule is CNc1ncc(S(=O)(=O)NC(C)CCS(C)=O)cn1. The van der Waals surface area contributed by atoms with Crippen LogP contribution in [0.15, 0.2) is 17.3 Å². The highest BCUT2D eigenvalue weighted by Gasteiger charge is 2.18. The number of hydrogen-bond acceptors (Lipinski definition) is 6. The van der Waals surface area contributed by atoms with Gasteiger partial charge in [0.1, 0.15) is 4.90 Å². The Bertz CT molecular complexity index is 530. The summed E-state index contributed by atoms with van der Waals surface area (Å²) in [5.74, 6) is 0.812. The fourth-order valence-electron chi connectivity index (χ4n) is 1.32. The molecule has 2 atom stereocenters. The molecule has 19 heavy (non-hydrogen) atoms. The number of rotatable bonds is 7. The van der Waals surface area contributed by atoms with Crippen molar-refractivity contribution < 1.29 is 12.6 Å². The van der Waals surface area contributed by atoms with Crippen LogP contribution in [0.3, 0.4) is 0 Å². The fourth-order valence-corrected chi connectivity index (χ4v) is 3.17. The molecule has 0 bridgehead atoms. The molecule has 0 aromatic carbocycles. The van der Waals surface area contributed by atoms with Crippen molar-refractivity contribution >= 4 is 26.8 Å². The van der Waals surface area contributed by atoms with Gasteiger partial charge in [-0.1, -0.05) is 0 Å². The minimum atomic E-state index is -3.63. The molecule has 0 fully saturated rings. The molecule has 0 saturated heterocycles. The minimum absolute atomic E-state index is 0.0102. The van der Waals surface area contributed by atoms with Gasteiger partial charge in [0.2, 0.25) is 16.0 Å². The van der Waals surface area contributed by atoms with Crippen LogP contribution in [0, 0.1) is 0 Å². The van der Waals surface area contributed by atoms with Crippen molar-refractivity contribution in [3.8, 4) is 0 Å². The third-order valence-electron chi connectivity index (χ3n) is 2.36. The summed E-state index contributed by atoms with van der Waals surface area (Å²) >= 11 is 0. The van der Waals surface area contributed by atoms with Gasteiger partial charge in [-0.2, -0.15) is 0 Å². The summed E-state index contributed by atoms with van der Waals surface area (Å²) < 4.78 is 37.5. The molecule has 2 unspecified atom stereocenters. The standard InChI is InChI=1S/C10H18N4O3S2/c1-8(4-5-18(3)15)14-19(16,17)9-6-12-10(11-2)13-7-9/h6-8,14H,4-5H2,1-3H3,(H,11,12,13). The van der Waals surface area contributed by atoms with Gasteiger partial charge < -0.3 is 5.32 Å². The minimum Gasteiger partial charge on any atom is -0.357 e. The van der Waals surface area contributed by atoms with E-state index in [9.17, 15) is 12.6 Å². The zero-order valence-corrected chi connectivity index (χ0v) is 12.7. The van der Waals surface area contributed by atoms with Gasteiger partial charge in [-0.05, 0) is 13.3 Å². The quantitative estimate of drug-likeness (QED) is 0.732. The zero-order chi connectivity index (χ0) is 14.5. The van der Waals surface area contributed by atoms with Gasteiger partial charge in [-0.25, -0.2) is 23.1 Å². The molecule has 108 valence electrons. The van der Waals surface area contributed by atoms with Gasteiger partial charge in [0.05, 0.1) is 12.4 Å². The molecule has 0 aliphatic heterocycles. The predicted molar refractivity (Wildman–Crippen MR) is 74.9 cm³/mol. The highest BCUT2D eigenvalue weighted by Crippen LogP contribution is 2.08. The van der Waals surface area contributed by atoms with Gasteiger partial charge in [-0.15, -0.1) is 0 Å². The van der Waals surface area contributed by atoms with E-state index in [1.54, 1.807) is 20.2 Å². The molecule has 9 heteroatoms. The summed E-state index contributed by atoms with van der Waals surface area (Å²) in [4.78, 5) is 7.72. The van der Waals surface area contributed by atoms with E-state index in [4.69, 9.17) is 0 Å². The Hall–Kier alpha value is -1.06. The number of nitrogens with one attached hydrogen (secondary N) is 2. The zero-order valence-electron chi connectivity index (χ0n) is 11.1. The van der Waals surface area contributed by atoms with Crippen molar-refractivity contribution in [3.05, 3.63) is 12.4 Å². The largest absolute Gasteiger partial charge is 0.357 e. The number of nitrogens with zero attached hydrogens (tertiary/aromatic N) is 2. The molecule has 0 amide bonds. The average molecular weight is 306 g/mol. The molecule has 7 nitrogen and oxygen atoms in total. The summed E-state index contributed by atoms with van der Waals surface area (Å²) in [7, 11) is -2.92. The van der Waals surface area contributed by atoms with E-state index < -0.39 is 20.8 Å². The lowest BCUT2D eigenvalue weighted by Gasteiger charge is -2.13. The lowest BCUT2D eigenvalue weighted by Crippen LogP contribution is -2.33. The molecule has 0 spiro atoms. The van der Waals surface area contributed by atoms with Gasteiger partial charge in [0, 0.05) is 35.9 Å². The van der Waals surface area contributed by atoms with Gasteiger partial charge in [0.15, 0.2) is 0 Å². The van der Waals surface area contributed by atoms with E-state index in [1.807, 2.05) is 0 Å². The monoisotopic (exact) mass is 306 g/mol. The van der Waals surface area contributed by atoms with Crippen LogP contribution in [-0.2, 0) is 20.8 Å². The molecule has 1 heterocycles. The van der Waals surface area contributed by atoms with Crippen molar-refractivity contribution in [3.63, 3.8) is 0 Å². The van der Waals surface area contributed by atoms with Crippen LogP contribution < -0.4 is 10.0 Å². The molecule has 1 aromatic rings. The van der Waals surface area contributed by atoms with Crippen LogP contribution in [0.1, 0.15) is 13.3 Å². The topological polar surface area (TPSA) is 101 Å². The first kappa shape index (κ1) is 16.0. The normalized spacial score (nSPS) is 14.9. The summed E-state index contributed by atoms with van der Waals surface area (Å²) in [6.45, 7) is 1.73. The van der Waals surface area contributed by atoms with Crippen molar-refractivity contribution in [2.75, 3.05) is 24.4 Å². The Morgan fingerprint density at radius 2 is 1.95 bits per heavy atom. The van der Waals surface area contributed by atoms with Crippen molar-refractivity contribution in [2.45, 2.75) is 24.3 Å². The number of anilines is 1. The summed E-state index contributed by atoms with van der Waals surface area (Å²) in [5, 5.41) is 2.71. The van der Waals surface area contributed by atoms with E-state index >= 15 is 0 Å². The van der Waals surface area contributed by atoms with E-state index in [0.29, 0.717) is 18.1 Å². The van der Waals surface area contributed by atoms with E-state index in [-0.39, 0.29) is 10.9 Å². The molecule has 2 N–H and O–H groups in total. The third-order valence-corrected chi connectivity index (χ3v) is 4.71. The molecule has 0 aliphatic rings. The second-order valence-corrected chi connectivity index (χ2v) is 7.35. The molecular formula is C10H18N4O3S2. The van der Waals surface area contributed by atoms with E-state index in [0.717, 1.165) is 0 Å². The summed E-state index contributed by atoms with van der Waals surface area (Å²) in [6, 6.07) is -0.294. The Labute approximate surface area is 115 Å². The van der Waals surface area contributed by atoms with Gasteiger partial charge >= 0.3 is 0 Å². The molecule has 0 saturated carbocycles. The van der Waals surface area contributed by atoms with Crippen molar-refractivity contribution in [2.24, 2.45) is 0 Å². The summed E-state index contributed by atoms with van der Waals surface area (Å²) in [5.41, 5.74) is 0. The van der Waals surface area contributed by atoms with E-state index in [1.165, 1.54) is 12.4 Å². The highest BCUT2D eigenvalue weighted by atomic mass is 32.2. The lowest BCUT2D eigenvalue weighted by molar-refractivity contribution is 0.555. The first-order valence-corrected chi connectivity index (χ1v) is 8.88. The third kappa shape index (κ3) is 5.21. The first-order valence-electron chi connectivity index (χ1n) is 5.67. The van der Waals surface area contributed by atoms with Crippen LogP contribution in [-0.4, -0.2) is 47.7 Å². The molecular weight excluding hydrogens is 288 g/mol. The number of hydrogen-bond donors (Lipinski definition) is 2. The number of sulfonamides is 1. The Balaban J connectivity index is 2.71. The highest BCUT2D eigenvalue weighted by molar-refractivity contribution is 7.89. The maximum absolute atomic E-state index is 12.0. The fraction of sp³-hybridized carbons (Fsp3) is 0.600. The molecule has 1 rings (SSSR count). The van der Waals surface area contributed by atoms with Gasteiger partial charge in [0.25, 0.3) is 0 Å². The van der Waals surface area contributed by atoms with Gasteiger partial charge in [-0.3, -0.25) is 4.21 Å². The van der Waals surface area contributed by atoms with E-state index in [2.05, 4.69) is 20.0 Å². The first-order chi connectivity index (χ1) is 8.85. The van der Waals surface area contributed by atoms with Crippen LogP contribution >= 0.6 is 0 Å². The van der Waals surface area contributed by atoms with Crippen LogP contribution in [0.5, 0.6) is 0 Å². The smallest absolute Gasteiger partial charge is 0.243 e. The maximum atomic E-state index is 12.0. The maximum Gasteiger partial charge on any atom is 0.243 e.